The number of carbonyl (C=O) groups excluding carboxylic acids is 2. The molecule has 1 aliphatic heterocycles. The van der Waals surface area contributed by atoms with E-state index in [-0.39, 0.29) is 28.9 Å². The molecule has 1 aliphatic rings. The summed E-state index contributed by atoms with van der Waals surface area (Å²) in [7, 11) is 0. The summed E-state index contributed by atoms with van der Waals surface area (Å²) in [6.45, 7) is 1.82. The zero-order valence-corrected chi connectivity index (χ0v) is 12.6. The van der Waals surface area contributed by atoms with Gasteiger partial charge in [-0.1, -0.05) is 6.07 Å². The second kappa shape index (κ2) is 6.83. The minimum absolute atomic E-state index is 0.0204. The SMILES string of the molecule is O=C(NCCC(=O)N1CCCC1)c1cccc(Br)c1F. The highest BCUT2D eigenvalue weighted by molar-refractivity contribution is 9.10. The third-order valence-corrected chi connectivity index (χ3v) is 3.89. The molecule has 1 aromatic carbocycles. The Morgan fingerprint density at radius 2 is 2.00 bits per heavy atom. The largest absolute Gasteiger partial charge is 0.351 e. The number of hydrogen-bond acceptors (Lipinski definition) is 2. The van der Waals surface area contributed by atoms with Crippen molar-refractivity contribution in [3.8, 4) is 0 Å². The van der Waals surface area contributed by atoms with Crippen molar-refractivity contribution in [2.75, 3.05) is 19.6 Å². The summed E-state index contributed by atoms with van der Waals surface area (Å²) >= 11 is 3.03. The Morgan fingerprint density at radius 3 is 2.70 bits per heavy atom. The summed E-state index contributed by atoms with van der Waals surface area (Å²) < 4.78 is 13.9. The normalized spacial score (nSPS) is 14.4. The van der Waals surface area contributed by atoms with Crippen molar-refractivity contribution in [2.24, 2.45) is 0 Å². The number of benzene rings is 1. The molecule has 0 spiro atoms. The maximum absolute atomic E-state index is 13.7. The fraction of sp³-hybridized carbons (Fsp3) is 0.429. The Labute approximate surface area is 125 Å². The highest BCUT2D eigenvalue weighted by atomic mass is 79.9. The zero-order chi connectivity index (χ0) is 14.5. The molecule has 0 radical (unpaired) electrons. The van der Waals surface area contributed by atoms with Gasteiger partial charge in [0.1, 0.15) is 5.82 Å². The molecule has 6 heteroatoms. The summed E-state index contributed by atoms with van der Waals surface area (Å²) in [5.41, 5.74) is -0.0204. The van der Waals surface area contributed by atoms with Crippen molar-refractivity contribution < 1.29 is 14.0 Å². The molecule has 0 aliphatic carbocycles. The van der Waals surface area contributed by atoms with Gasteiger partial charge in [-0.2, -0.15) is 0 Å². The van der Waals surface area contributed by atoms with Crippen LogP contribution in [-0.4, -0.2) is 36.3 Å². The van der Waals surface area contributed by atoms with Crippen LogP contribution in [0.2, 0.25) is 0 Å². The molecule has 20 heavy (non-hydrogen) atoms. The number of hydrogen-bond donors (Lipinski definition) is 1. The van der Waals surface area contributed by atoms with Crippen LogP contribution < -0.4 is 5.32 Å². The first-order chi connectivity index (χ1) is 9.59. The molecule has 0 saturated carbocycles. The summed E-state index contributed by atoms with van der Waals surface area (Å²) in [5, 5.41) is 2.57. The average Bonchev–Trinajstić information content (AvgIpc) is 2.95. The first kappa shape index (κ1) is 15.0. The smallest absolute Gasteiger partial charge is 0.254 e. The van der Waals surface area contributed by atoms with E-state index in [1.807, 2.05) is 0 Å². The second-order valence-electron chi connectivity index (χ2n) is 4.70. The van der Waals surface area contributed by atoms with Gasteiger partial charge in [-0.3, -0.25) is 9.59 Å². The van der Waals surface area contributed by atoms with Gasteiger partial charge in [0.05, 0.1) is 10.0 Å². The van der Waals surface area contributed by atoms with Crippen LogP contribution in [0.25, 0.3) is 0 Å². The fourth-order valence-electron chi connectivity index (χ4n) is 2.18. The Kier molecular flexibility index (Phi) is 5.11. The standard InChI is InChI=1S/C14H16BrFN2O2/c15-11-5-3-4-10(13(11)16)14(20)17-7-6-12(19)18-8-1-2-9-18/h3-5H,1-2,6-9H2,(H,17,20). The minimum Gasteiger partial charge on any atom is -0.351 e. The number of halogens is 2. The van der Waals surface area contributed by atoms with Crippen molar-refractivity contribution in [2.45, 2.75) is 19.3 Å². The van der Waals surface area contributed by atoms with E-state index in [4.69, 9.17) is 0 Å². The summed E-state index contributed by atoms with van der Waals surface area (Å²) in [6.07, 6.45) is 2.34. The molecule has 2 rings (SSSR count). The topological polar surface area (TPSA) is 49.4 Å². The molecule has 4 nitrogen and oxygen atoms in total. The molecule has 0 aromatic heterocycles. The third kappa shape index (κ3) is 3.56. The first-order valence-corrected chi connectivity index (χ1v) is 7.39. The molecule has 0 bridgehead atoms. The lowest BCUT2D eigenvalue weighted by Gasteiger charge is -2.15. The quantitative estimate of drug-likeness (QED) is 0.912. The van der Waals surface area contributed by atoms with Gasteiger partial charge in [0.15, 0.2) is 0 Å². The number of likely N-dealkylation sites (tertiary alicyclic amines) is 1. The van der Waals surface area contributed by atoms with Crippen LogP contribution in [-0.2, 0) is 4.79 Å². The molecular formula is C14H16BrFN2O2. The first-order valence-electron chi connectivity index (χ1n) is 6.59. The molecule has 1 fully saturated rings. The number of rotatable bonds is 4. The number of nitrogens with one attached hydrogen (secondary N) is 1. The van der Waals surface area contributed by atoms with E-state index in [9.17, 15) is 14.0 Å². The predicted octanol–water partition coefficient (Wildman–Crippen LogP) is 2.33. The van der Waals surface area contributed by atoms with Crippen molar-refractivity contribution >= 4 is 27.7 Å². The van der Waals surface area contributed by atoms with E-state index in [0.29, 0.717) is 0 Å². The Balaban J connectivity index is 1.83. The second-order valence-corrected chi connectivity index (χ2v) is 5.55. The van der Waals surface area contributed by atoms with Gasteiger partial charge in [-0.15, -0.1) is 0 Å². The van der Waals surface area contributed by atoms with Gasteiger partial charge in [-0.25, -0.2) is 4.39 Å². The van der Waals surface area contributed by atoms with Crippen LogP contribution in [0.1, 0.15) is 29.6 Å². The average molecular weight is 343 g/mol. The predicted molar refractivity (Wildman–Crippen MR) is 76.9 cm³/mol. The van der Waals surface area contributed by atoms with Crippen LogP contribution >= 0.6 is 15.9 Å². The van der Waals surface area contributed by atoms with Gasteiger partial charge in [0.2, 0.25) is 5.91 Å². The number of amides is 2. The van der Waals surface area contributed by atoms with Gasteiger partial charge >= 0.3 is 0 Å². The van der Waals surface area contributed by atoms with Crippen LogP contribution in [0.4, 0.5) is 4.39 Å². The molecule has 1 heterocycles. The van der Waals surface area contributed by atoms with Crippen LogP contribution in [0.5, 0.6) is 0 Å². The minimum atomic E-state index is -0.587. The molecule has 1 saturated heterocycles. The lowest BCUT2D eigenvalue weighted by atomic mass is 10.2. The lowest BCUT2D eigenvalue weighted by Crippen LogP contribution is -2.33. The molecule has 2 amide bonds. The monoisotopic (exact) mass is 342 g/mol. The summed E-state index contributed by atoms with van der Waals surface area (Å²) in [6, 6.07) is 4.54. The zero-order valence-electron chi connectivity index (χ0n) is 11.0. The van der Waals surface area contributed by atoms with Gasteiger partial charge < -0.3 is 10.2 Å². The van der Waals surface area contributed by atoms with Crippen LogP contribution in [0.3, 0.4) is 0 Å². The van der Waals surface area contributed by atoms with Crippen molar-refractivity contribution in [1.29, 1.82) is 0 Å². The van der Waals surface area contributed by atoms with E-state index < -0.39 is 11.7 Å². The van der Waals surface area contributed by atoms with E-state index in [1.165, 1.54) is 12.1 Å². The Morgan fingerprint density at radius 1 is 1.30 bits per heavy atom. The molecular weight excluding hydrogens is 327 g/mol. The summed E-state index contributed by atoms with van der Waals surface area (Å²) in [5.74, 6) is -1.05. The highest BCUT2D eigenvalue weighted by Gasteiger charge is 2.18. The molecule has 0 unspecified atom stereocenters. The number of carbonyl (C=O) groups is 2. The lowest BCUT2D eigenvalue weighted by molar-refractivity contribution is -0.129. The maximum atomic E-state index is 13.7. The van der Waals surface area contributed by atoms with Crippen molar-refractivity contribution in [3.05, 3.63) is 34.1 Å². The van der Waals surface area contributed by atoms with Crippen molar-refractivity contribution in [3.63, 3.8) is 0 Å². The maximum Gasteiger partial charge on any atom is 0.254 e. The van der Waals surface area contributed by atoms with Crippen LogP contribution in [0.15, 0.2) is 22.7 Å². The molecule has 1 N–H and O–H groups in total. The van der Waals surface area contributed by atoms with E-state index in [2.05, 4.69) is 21.2 Å². The molecule has 1 aromatic rings. The Bertz CT molecular complexity index is 516. The van der Waals surface area contributed by atoms with E-state index >= 15 is 0 Å². The van der Waals surface area contributed by atoms with E-state index in [1.54, 1.807) is 11.0 Å². The third-order valence-electron chi connectivity index (χ3n) is 3.28. The van der Waals surface area contributed by atoms with Gasteiger partial charge in [0.25, 0.3) is 5.91 Å². The van der Waals surface area contributed by atoms with Gasteiger partial charge in [0, 0.05) is 26.1 Å². The van der Waals surface area contributed by atoms with Crippen LogP contribution in [0, 0.1) is 5.82 Å². The summed E-state index contributed by atoms with van der Waals surface area (Å²) in [4.78, 5) is 25.4. The Hall–Kier alpha value is -1.43. The number of nitrogens with zero attached hydrogens (tertiary/aromatic N) is 1. The highest BCUT2D eigenvalue weighted by Crippen LogP contribution is 2.18. The molecule has 0 atom stereocenters. The van der Waals surface area contributed by atoms with Crippen molar-refractivity contribution in [1.82, 2.24) is 10.2 Å². The van der Waals surface area contributed by atoms with E-state index in [0.717, 1.165) is 25.9 Å². The molecule has 108 valence electrons. The fourth-order valence-corrected chi connectivity index (χ4v) is 2.55. The van der Waals surface area contributed by atoms with Gasteiger partial charge in [-0.05, 0) is 40.9 Å².